The van der Waals surface area contributed by atoms with E-state index in [-0.39, 0.29) is 29.3 Å². The van der Waals surface area contributed by atoms with Gasteiger partial charge in [-0.2, -0.15) is 0 Å². The van der Waals surface area contributed by atoms with Gasteiger partial charge >= 0.3 is 0 Å². The van der Waals surface area contributed by atoms with Gasteiger partial charge in [0.15, 0.2) is 23.3 Å². The van der Waals surface area contributed by atoms with Crippen molar-refractivity contribution in [2.45, 2.75) is 18.9 Å². The van der Waals surface area contributed by atoms with Crippen molar-refractivity contribution in [1.82, 2.24) is 4.57 Å². The summed E-state index contributed by atoms with van der Waals surface area (Å²) in [6, 6.07) is 2.93. The number of fused-ring (bicyclic) bond motifs is 1. The van der Waals surface area contributed by atoms with Crippen LogP contribution in [0.4, 0.5) is 4.39 Å². The summed E-state index contributed by atoms with van der Waals surface area (Å²) in [7, 11) is 0. The summed E-state index contributed by atoms with van der Waals surface area (Å²) in [6.45, 7) is 0.932. The Morgan fingerprint density at radius 2 is 2.17 bits per heavy atom. The molecule has 23 heavy (non-hydrogen) atoms. The van der Waals surface area contributed by atoms with E-state index in [4.69, 9.17) is 9.26 Å². The van der Waals surface area contributed by atoms with Crippen LogP contribution in [0.15, 0.2) is 23.1 Å². The van der Waals surface area contributed by atoms with Gasteiger partial charge in [-0.1, -0.05) is 0 Å². The van der Waals surface area contributed by atoms with Gasteiger partial charge in [0.25, 0.3) is 0 Å². The number of rotatable bonds is 7. The van der Waals surface area contributed by atoms with E-state index < -0.39 is 11.2 Å². The maximum Gasteiger partial charge on any atom is 0.199 e. The molecule has 0 saturated heterocycles. The van der Waals surface area contributed by atoms with Crippen LogP contribution in [0.25, 0.3) is 10.9 Å². The van der Waals surface area contributed by atoms with Crippen LogP contribution in [-0.2, 0) is 4.52 Å². The second kappa shape index (κ2) is 7.23. The first-order valence-electron chi connectivity index (χ1n) is 7.09. The monoisotopic (exact) mass is 449 g/mol. The van der Waals surface area contributed by atoms with Crippen molar-refractivity contribution in [2.24, 2.45) is 0 Å². The highest BCUT2D eigenvalue weighted by Gasteiger charge is 2.26. The van der Waals surface area contributed by atoms with Crippen molar-refractivity contribution in [1.29, 1.82) is 0 Å². The van der Waals surface area contributed by atoms with Crippen LogP contribution < -0.4 is 10.2 Å². The molecule has 1 aliphatic rings. The van der Waals surface area contributed by atoms with Crippen molar-refractivity contribution in [3.8, 4) is 5.75 Å². The molecule has 122 valence electrons. The lowest BCUT2D eigenvalue weighted by Gasteiger charge is -2.13. The lowest BCUT2D eigenvalue weighted by atomic mass is 10.1. The molecule has 0 spiro atoms. The van der Waals surface area contributed by atoms with Gasteiger partial charge in [-0.05, 0) is 40.9 Å². The minimum absolute atomic E-state index is 0.0499. The van der Waals surface area contributed by atoms with Crippen molar-refractivity contribution in [3.63, 3.8) is 0 Å². The van der Waals surface area contributed by atoms with Crippen LogP contribution in [0.2, 0.25) is 0 Å². The number of ether oxygens (including phenoxy) is 1. The standard InChI is InChI=1S/C15H14FINO4P/c16-12-5-11-13(6-14(12)21-3-4-22-23-17)18(10-1-2-10)7-9(8-19)15(11)20/h5-8,10,23H,1-4H2. The lowest BCUT2D eigenvalue weighted by Crippen LogP contribution is -2.15. The molecule has 8 heteroatoms. The summed E-state index contributed by atoms with van der Waals surface area (Å²) in [5, 5.41) is 0.205. The normalized spacial score (nSPS) is 14.7. The van der Waals surface area contributed by atoms with Crippen LogP contribution in [-0.4, -0.2) is 24.1 Å². The van der Waals surface area contributed by atoms with Crippen LogP contribution in [0.1, 0.15) is 29.2 Å². The fourth-order valence-corrected chi connectivity index (χ4v) is 3.27. The van der Waals surface area contributed by atoms with Crippen LogP contribution in [0.5, 0.6) is 5.75 Å². The first kappa shape index (κ1) is 16.8. The zero-order chi connectivity index (χ0) is 16.4. The highest BCUT2D eigenvalue weighted by atomic mass is 127. The molecule has 0 aliphatic heterocycles. The van der Waals surface area contributed by atoms with Gasteiger partial charge < -0.3 is 13.8 Å². The Bertz CT molecular complexity index is 806. The number of nitrogens with zero attached hydrogens (tertiary/aromatic N) is 1. The highest BCUT2D eigenvalue weighted by Crippen LogP contribution is 2.37. The molecule has 1 unspecified atom stereocenters. The van der Waals surface area contributed by atoms with Crippen molar-refractivity contribution >= 4 is 45.7 Å². The molecule has 1 heterocycles. The smallest absolute Gasteiger partial charge is 0.199 e. The van der Waals surface area contributed by atoms with Gasteiger partial charge in [-0.15, -0.1) is 0 Å². The zero-order valence-corrected chi connectivity index (χ0v) is 15.2. The molecular formula is C15H14FINO4P. The van der Waals surface area contributed by atoms with E-state index in [1.165, 1.54) is 6.07 Å². The van der Waals surface area contributed by atoms with Crippen LogP contribution in [0.3, 0.4) is 0 Å². The average Bonchev–Trinajstić information content (AvgIpc) is 3.38. The number of aromatic nitrogens is 1. The topological polar surface area (TPSA) is 57.5 Å². The first-order chi connectivity index (χ1) is 11.2. The van der Waals surface area contributed by atoms with Crippen molar-refractivity contribution in [2.75, 3.05) is 13.2 Å². The van der Waals surface area contributed by atoms with Crippen LogP contribution in [0, 0.1) is 5.82 Å². The molecule has 1 atom stereocenters. The first-order valence-corrected chi connectivity index (χ1v) is 11.1. The number of carbonyl (C=O) groups is 1. The van der Waals surface area contributed by atoms with E-state index in [2.05, 4.69) is 22.0 Å². The molecule has 0 amide bonds. The third kappa shape index (κ3) is 3.56. The molecule has 0 bridgehead atoms. The molecule has 2 aromatic rings. The minimum atomic E-state index is -0.614. The number of aldehydes is 1. The molecule has 1 saturated carbocycles. The lowest BCUT2D eigenvalue weighted by molar-refractivity contribution is 0.112. The molecular weight excluding hydrogens is 435 g/mol. The van der Waals surface area contributed by atoms with Gasteiger partial charge in [0.2, 0.25) is 0 Å². The maximum absolute atomic E-state index is 14.2. The zero-order valence-electron chi connectivity index (χ0n) is 12.1. The summed E-state index contributed by atoms with van der Waals surface area (Å²) in [4.78, 5) is 23.3. The molecule has 5 nitrogen and oxygen atoms in total. The van der Waals surface area contributed by atoms with E-state index in [1.807, 2.05) is 4.57 Å². The Balaban J connectivity index is 2.05. The summed E-state index contributed by atoms with van der Waals surface area (Å²) < 4.78 is 26.7. The Labute approximate surface area is 146 Å². The number of hydrogen-bond donors (Lipinski definition) is 0. The summed E-state index contributed by atoms with van der Waals surface area (Å²) in [5.41, 5.74) is 0.192. The number of carbonyl (C=O) groups excluding carboxylic acids is 1. The number of benzene rings is 1. The molecule has 0 radical (unpaired) electrons. The molecule has 3 rings (SSSR count). The third-order valence-electron chi connectivity index (χ3n) is 3.68. The van der Waals surface area contributed by atoms with Gasteiger partial charge in [0, 0.05) is 23.7 Å². The predicted molar refractivity (Wildman–Crippen MR) is 95.6 cm³/mol. The van der Waals surface area contributed by atoms with Gasteiger partial charge in [0.05, 0.1) is 24.1 Å². The van der Waals surface area contributed by atoms with Crippen molar-refractivity contribution < 1.29 is 18.4 Å². The fourth-order valence-electron chi connectivity index (χ4n) is 2.45. The Morgan fingerprint density at radius 1 is 1.39 bits per heavy atom. The second-order valence-corrected chi connectivity index (χ2v) is 7.01. The van der Waals surface area contributed by atoms with Gasteiger partial charge in [0.1, 0.15) is 6.61 Å². The van der Waals surface area contributed by atoms with E-state index in [0.29, 0.717) is 24.9 Å². The largest absolute Gasteiger partial charge is 0.488 e. The molecule has 1 aromatic carbocycles. The second-order valence-electron chi connectivity index (χ2n) is 5.24. The van der Waals surface area contributed by atoms with Gasteiger partial charge in [-0.25, -0.2) is 4.39 Å². The average molecular weight is 449 g/mol. The fraction of sp³-hybridized carbons (Fsp3) is 0.333. The predicted octanol–water partition coefficient (Wildman–Crippen LogP) is 3.63. The minimum Gasteiger partial charge on any atom is -0.488 e. The number of hydrogen-bond acceptors (Lipinski definition) is 4. The summed E-state index contributed by atoms with van der Waals surface area (Å²) in [5.74, 6) is -0.525. The third-order valence-corrected chi connectivity index (χ3v) is 4.93. The molecule has 1 fully saturated rings. The van der Waals surface area contributed by atoms with E-state index in [9.17, 15) is 14.0 Å². The highest BCUT2D eigenvalue weighted by molar-refractivity contribution is 14.2. The SMILES string of the molecule is O=Cc1cn(C2CC2)c2cc(OCCOPI)c(F)cc2c1=O. The Morgan fingerprint density at radius 3 is 2.83 bits per heavy atom. The number of pyridine rings is 1. The van der Waals surface area contributed by atoms with E-state index in [0.717, 1.165) is 18.9 Å². The summed E-state index contributed by atoms with van der Waals surface area (Å²) in [6.07, 6.45) is 4.03. The van der Waals surface area contributed by atoms with E-state index in [1.54, 1.807) is 6.20 Å². The summed E-state index contributed by atoms with van der Waals surface area (Å²) >= 11 is 2.10. The van der Waals surface area contributed by atoms with Crippen molar-refractivity contribution in [3.05, 3.63) is 39.9 Å². The Hall–Kier alpha value is -1.05. The van der Waals surface area contributed by atoms with E-state index >= 15 is 0 Å². The maximum atomic E-state index is 14.2. The number of halogens is 2. The van der Waals surface area contributed by atoms with Gasteiger partial charge in [-0.3, -0.25) is 9.59 Å². The molecule has 1 aromatic heterocycles. The molecule has 0 N–H and O–H groups in total. The quantitative estimate of drug-likeness (QED) is 0.281. The molecule has 1 aliphatic carbocycles. The van der Waals surface area contributed by atoms with Crippen LogP contribution >= 0.6 is 28.5 Å². The Kier molecular flexibility index (Phi) is 5.28.